The molecular weight excluding hydrogens is 428 g/mol. The van der Waals surface area contributed by atoms with Crippen LogP contribution in [-0.4, -0.2) is 23.2 Å². The van der Waals surface area contributed by atoms with E-state index in [0.29, 0.717) is 31.9 Å². The first-order valence-corrected chi connectivity index (χ1v) is 9.45. The van der Waals surface area contributed by atoms with Crippen molar-refractivity contribution in [3.63, 3.8) is 0 Å². The minimum absolute atomic E-state index is 0.0257. The Balaban J connectivity index is 1.45. The number of halogens is 6. The number of ether oxygens (including phenoxy) is 1. The number of nitrogens with zero attached hydrogens (tertiary/aromatic N) is 1. The first-order valence-electron chi connectivity index (χ1n) is 9.45. The Hall–Kier alpha value is -2.98. The molecule has 31 heavy (non-hydrogen) atoms. The highest BCUT2D eigenvalue weighted by Gasteiger charge is 2.32. The second-order valence-electron chi connectivity index (χ2n) is 7.15. The summed E-state index contributed by atoms with van der Waals surface area (Å²) in [7, 11) is 0. The van der Waals surface area contributed by atoms with Crippen LogP contribution in [0.25, 0.3) is 0 Å². The molecule has 11 heteroatoms. The number of aromatic nitrogens is 1. The maximum absolute atomic E-state index is 12.7. The predicted octanol–water partition coefficient (Wildman–Crippen LogP) is 5.63. The highest BCUT2D eigenvalue weighted by molar-refractivity contribution is 5.89. The Labute approximate surface area is 173 Å². The number of rotatable bonds is 4. The van der Waals surface area contributed by atoms with Crippen molar-refractivity contribution in [3.8, 4) is 5.88 Å². The summed E-state index contributed by atoms with van der Waals surface area (Å²) in [6.07, 6.45) is -6.36. The van der Waals surface area contributed by atoms with Gasteiger partial charge < -0.3 is 15.4 Å². The van der Waals surface area contributed by atoms with Gasteiger partial charge in [-0.25, -0.2) is 9.78 Å². The Kier molecular flexibility index (Phi) is 6.61. The third kappa shape index (κ3) is 6.50. The lowest BCUT2D eigenvalue weighted by Gasteiger charge is -2.29. The summed E-state index contributed by atoms with van der Waals surface area (Å²) in [4.78, 5) is 15.8. The van der Waals surface area contributed by atoms with Crippen molar-refractivity contribution in [1.82, 2.24) is 10.3 Å². The number of nitrogens with one attached hydrogen (secondary N) is 2. The van der Waals surface area contributed by atoms with Gasteiger partial charge in [0.2, 0.25) is 5.88 Å². The van der Waals surface area contributed by atoms with Crippen molar-refractivity contribution >= 4 is 11.7 Å². The van der Waals surface area contributed by atoms with Crippen LogP contribution in [-0.2, 0) is 12.4 Å². The molecule has 1 aliphatic rings. The Bertz CT molecular complexity index is 891. The van der Waals surface area contributed by atoms with Crippen molar-refractivity contribution in [2.75, 3.05) is 5.32 Å². The van der Waals surface area contributed by atoms with Gasteiger partial charge in [-0.15, -0.1) is 0 Å². The molecule has 5 nitrogen and oxygen atoms in total. The molecule has 2 aromatic rings. The van der Waals surface area contributed by atoms with E-state index in [0.717, 1.165) is 24.3 Å². The number of benzene rings is 1. The summed E-state index contributed by atoms with van der Waals surface area (Å²) < 4.78 is 81.5. The van der Waals surface area contributed by atoms with Crippen LogP contribution in [0, 0.1) is 0 Å². The van der Waals surface area contributed by atoms with Gasteiger partial charge in [-0.3, -0.25) is 0 Å². The molecule has 1 aromatic carbocycles. The zero-order valence-electron chi connectivity index (χ0n) is 16.1. The summed E-state index contributed by atoms with van der Waals surface area (Å²) >= 11 is 0. The Morgan fingerprint density at radius 1 is 0.935 bits per heavy atom. The van der Waals surface area contributed by atoms with E-state index in [1.807, 2.05) is 0 Å². The fourth-order valence-corrected chi connectivity index (χ4v) is 3.24. The standard InChI is InChI=1S/C20H19F6N3O2/c21-19(22,23)12-2-1-3-15(10-12)29-18(30)28-14-5-7-16(8-6-14)31-17-9-4-13(11-27-17)20(24,25)26/h1-4,9-11,14,16H,5-8H2,(H2,28,29,30)/t14-,16-. The third-order valence-corrected chi connectivity index (χ3v) is 4.81. The van der Waals surface area contributed by atoms with Gasteiger partial charge in [0, 0.05) is 24.0 Å². The van der Waals surface area contributed by atoms with E-state index in [9.17, 15) is 31.1 Å². The van der Waals surface area contributed by atoms with Gasteiger partial charge in [-0.2, -0.15) is 26.3 Å². The molecule has 0 atom stereocenters. The van der Waals surface area contributed by atoms with Crippen molar-refractivity contribution in [3.05, 3.63) is 53.7 Å². The zero-order chi connectivity index (χ0) is 22.6. The first-order chi connectivity index (χ1) is 14.5. The summed E-state index contributed by atoms with van der Waals surface area (Å²) in [5, 5.41) is 5.09. The number of hydrogen-bond acceptors (Lipinski definition) is 3. The molecule has 0 aliphatic heterocycles. The summed E-state index contributed by atoms with van der Waals surface area (Å²) in [5.41, 5.74) is -1.70. The molecule has 1 heterocycles. The molecule has 0 radical (unpaired) electrons. The molecule has 1 aliphatic carbocycles. The fraction of sp³-hybridized carbons (Fsp3) is 0.400. The summed E-state index contributed by atoms with van der Waals surface area (Å²) in [5.74, 6) is 0.0895. The van der Waals surface area contributed by atoms with Crippen LogP contribution in [0.15, 0.2) is 42.6 Å². The van der Waals surface area contributed by atoms with E-state index in [4.69, 9.17) is 4.74 Å². The van der Waals surface area contributed by atoms with E-state index < -0.39 is 29.5 Å². The van der Waals surface area contributed by atoms with Crippen molar-refractivity contribution in [2.24, 2.45) is 0 Å². The molecule has 1 saturated carbocycles. The molecular formula is C20H19F6N3O2. The number of carbonyl (C=O) groups excluding carboxylic acids is 1. The second-order valence-corrected chi connectivity index (χ2v) is 7.15. The smallest absolute Gasteiger partial charge is 0.417 e. The van der Waals surface area contributed by atoms with Crippen molar-refractivity contribution in [1.29, 1.82) is 0 Å². The molecule has 0 unspecified atom stereocenters. The number of urea groups is 1. The van der Waals surface area contributed by atoms with Gasteiger partial charge in [0.05, 0.1) is 11.1 Å². The average molecular weight is 447 g/mol. The third-order valence-electron chi connectivity index (χ3n) is 4.81. The lowest BCUT2D eigenvalue weighted by atomic mass is 9.93. The summed E-state index contributed by atoms with van der Waals surface area (Å²) in [6.45, 7) is 0. The van der Waals surface area contributed by atoms with Crippen LogP contribution < -0.4 is 15.4 Å². The largest absolute Gasteiger partial charge is 0.474 e. The van der Waals surface area contributed by atoms with E-state index in [1.54, 1.807) is 0 Å². The van der Waals surface area contributed by atoms with Gasteiger partial charge in [0.15, 0.2) is 0 Å². The number of amides is 2. The van der Waals surface area contributed by atoms with Crippen LogP contribution in [0.4, 0.5) is 36.8 Å². The van der Waals surface area contributed by atoms with Crippen LogP contribution in [0.1, 0.15) is 36.8 Å². The Morgan fingerprint density at radius 2 is 1.61 bits per heavy atom. The van der Waals surface area contributed by atoms with Gasteiger partial charge in [0.1, 0.15) is 6.10 Å². The zero-order valence-corrected chi connectivity index (χ0v) is 16.1. The van der Waals surface area contributed by atoms with E-state index in [2.05, 4.69) is 15.6 Å². The number of anilines is 1. The molecule has 0 bridgehead atoms. The second kappa shape index (κ2) is 9.03. The molecule has 168 valence electrons. The number of alkyl halides is 6. The Morgan fingerprint density at radius 3 is 2.19 bits per heavy atom. The molecule has 0 spiro atoms. The summed E-state index contributed by atoms with van der Waals surface area (Å²) in [6, 6.07) is 5.56. The van der Waals surface area contributed by atoms with Crippen molar-refractivity contribution in [2.45, 2.75) is 50.2 Å². The van der Waals surface area contributed by atoms with Crippen LogP contribution in [0.5, 0.6) is 5.88 Å². The van der Waals surface area contributed by atoms with Gasteiger partial charge >= 0.3 is 18.4 Å². The van der Waals surface area contributed by atoms with Gasteiger partial charge in [-0.05, 0) is 49.9 Å². The highest BCUT2D eigenvalue weighted by Crippen LogP contribution is 2.31. The van der Waals surface area contributed by atoms with Crippen LogP contribution in [0.2, 0.25) is 0 Å². The quantitative estimate of drug-likeness (QED) is 0.597. The fourth-order valence-electron chi connectivity index (χ4n) is 3.24. The van der Waals surface area contributed by atoms with Crippen LogP contribution in [0.3, 0.4) is 0 Å². The lowest BCUT2D eigenvalue weighted by Crippen LogP contribution is -2.41. The van der Waals surface area contributed by atoms with E-state index in [1.165, 1.54) is 12.1 Å². The molecule has 2 N–H and O–H groups in total. The average Bonchev–Trinajstić information content (AvgIpc) is 2.69. The van der Waals surface area contributed by atoms with Crippen molar-refractivity contribution < 1.29 is 35.9 Å². The minimum atomic E-state index is -4.51. The molecule has 1 aromatic heterocycles. The topological polar surface area (TPSA) is 63.2 Å². The molecule has 2 amide bonds. The lowest BCUT2D eigenvalue weighted by molar-refractivity contribution is -0.138. The molecule has 3 rings (SSSR count). The predicted molar refractivity (Wildman–Crippen MR) is 99.5 cm³/mol. The minimum Gasteiger partial charge on any atom is -0.474 e. The number of hydrogen-bond donors (Lipinski definition) is 2. The monoisotopic (exact) mass is 447 g/mol. The maximum Gasteiger partial charge on any atom is 0.417 e. The van der Waals surface area contributed by atoms with Gasteiger partial charge in [-0.1, -0.05) is 6.07 Å². The number of carbonyl (C=O) groups is 1. The molecule has 0 saturated heterocycles. The first kappa shape index (κ1) is 22.7. The molecule has 1 fully saturated rings. The van der Waals surface area contributed by atoms with Gasteiger partial charge in [0.25, 0.3) is 0 Å². The van der Waals surface area contributed by atoms with E-state index in [-0.39, 0.29) is 23.7 Å². The number of pyridine rings is 1. The maximum atomic E-state index is 12.7. The van der Waals surface area contributed by atoms with E-state index >= 15 is 0 Å². The normalized spacial score (nSPS) is 19.5. The van der Waals surface area contributed by atoms with Crippen LogP contribution >= 0.6 is 0 Å². The highest BCUT2D eigenvalue weighted by atomic mass is 19.4. The SMILES string of the molecule is O=C(Nc1cccc(C(F)(F)F)c1)N[C@H]1CC[C@H](Oc2ccc(C(F)(F)F)cn2)CC1.